The number of nitrogens with one attached hydrogen (secondary N) is 2. The van der Waals surface area contributed by atoms with E-state index < -0.39 is 47.6 Å². The summed E-state index contributed by atoms with van der Waals surface area (Å²) in [6, 6.07) is 32.6. The van der Waals surface area contributed by atoms with Crippen molar-refractivity contribution < 1.29 is 28.7 Å². The van der Waals surface area contributed by atoms with Crippen LogP contribution >= 0.6 is 17.8 Å². The predicted molar refractivity (Wildman–Crippen MR) is 186 cm³/mol. The van der Waals surface area contributed by atoms with Crippen LogP contribution in [0, 0.1) is 0 Å². The van der Waals surface area contributed by atoms with Crippen LogP contribution in [0.2, 0.25) is 0 Å². The van der Waals surface area contributed by atoms with Crippen LogP contribution in [0.15, 0.2) is 119 Å². The molecule has 0 aliphatic heterocycles. The van der Waals surface area contributed by atoms with Gasteiger partial charge >= 0.3 is 258 Å². The molecule has 8 nitrogen and oxygen atoms in total. The third-order valence-corrected chi connectivity index (χ3v) is 14.2. The molecule has 0 aromatic heterocycles. The van der Waals surface area contributed by atoms with E-state index >= 15 is 0 Å². The number of esters is 2. The first kappa shape index (κ1) is 35.1. The van der Waals surface area contributed by atoms with E-state index in [1.807, 2.05) is 97.1 Å². The third-order valence-electron chi connectivity index (χ3n) is 6.93. The Labute approximate surface area is 284 Å². The molecule has 4 aromatic rings. The molecule has 46 heavy (non-hydrogen) atoms. The van der Waals surface area contributed by atoms with Gasteiger partial charge in [-0.1, -0.05) is 18.2 Å². The van der Waals surface area contributed by atoms with Gasteiger partial charge in [-0.2, -0.15) is 0 Å². The Balaban J connectivity index is 1.63. The number of carbonyl (C=O) groups is 4. The molecule has 4 rings (SSSR count). The number of carbonyl (C=O) groups excluding carboxylic acids is 4. The zero-order valence-corrected chi connectivity index (χ0v) is 30.6. The van der Waals surface area contributed by atoms with E-state index in [0.717, 1.165) is 21.7 Å². The van der Waals surface area contributed by atoms with E-state index in [1.54, 1.807) is 12.1 Å². The molecule has 4 atom stereocenters. The summed E-state index contributed by atoms with van der Waals surface area (Å²) in [7, 11) is 5.36. The van der Waals surface area contributed by atoms with Crippen LogP contribution < -0.4 is 21.2 Å². The van der Waals surface area contributed by atoms with Gasteiger partial charge in [-0.25, -0.2) is 0 Å². The zero-order valence-electron chi connectivity index (χ0n) is 25.3. The Hall–Kier alpha value is -3.74. The monoisotopic (exact) mass is 849 g/mol. The number of amides is 2. The molecule has 2 N–H and O–H groups in total. The molecular formula is C35H34N2O6P2Po. The molecule has 236 valence electrons. The van der Waals surface area contributed by atoms with Gasteiger partial charge in [0.05, 0.1) is 0 Å². The average molecular weight is 850 g/mol. The molecule has 0 saturated heterocycles. The van der Waals surface area contributed by atoms with E-state index in [-0.39, 0.29) is 20.4 Å². The second kappa shape index (κ2) is 17.8. The molecule has 0 bridgehead atoms. The molecule has 0 saturated carbocycles. The van der Waals surface area contributed by atoms with Gasteiger partial charge in [-0.05, 0) is 0 Å². The van der Waals surface area contributed by atoms with Crippen molar-refractivity contribution >= 4 is 75.7 Å². The summed E-state index contributed by atoms with van der Waals surface area (Å²) < 4.78 is 10.6. The molecule has 2 unspecified atom stereocenters. The van der Waals surface area contributed by atoms with E-state index in [4.69, 9.17) is 9.47 Å². The number of benzene rings is 4. The first-order valence-electron chi connectivity index (χ1n) is 14.2. The van der Waals surface area contributed by atoms with Gasteiger partial charge in [0.2, 0.25) is 0 Å². The molecule has 0 fully saturated rings. The molecule has 4 aromatic carbocycles. The Bertz CT molecular complexity index is 1700. The quantitative estimate of drug-likeness (QED) is 0.120. The molecular weight excluding hydrogens is 815 g/mol. The number of hydrogen-bond acceptors (Lipinski definition) is 6. The summed E-state index contributed by atoms with van der Waals surface area (Å²) in [5.41, 5.74) is 2.69. The van der Waals surface area contributed by atoms with Crippen LogP contribution in [0.25, 0.3) is 0 Å². The van der Waals surface area contributed by atoms with Gasteiger partial charge in [0, 0.05) is 0 Å². The van der Waals surface area contributed by atoms with Crippen molar-refractivity contribution in [3.8, 4) is 0 Å². The Morgan fingerprint density at radius 2 is 1.22 bits per heavy atom. The summed E-state index contributed by atoms with van der Waals surface area (Å²) in [5, 5.41) is 8.04. The van der Waals surface area contributed by atoms with Crippen LogP contribution in [-0.4, -0.2) is 65.4 Å². The van der Waals surface area contributed by atoms with Gasteiger partial charge in [-0.3, -0.25) is 0 Å². The maximum absolute atomic E-state index is 14.1. The Morgan fingerprint density at radius 3 is 1.76 bits per heavy atom. The van der Waals surface area contributed by atoms with Crippen molar-refractivity contribution in [1.29, 1.82) is 0 Å². The van der Waals surface area contributed by atoms with Gasteiger partial charge in [0.1, 0.15) is 0 Å². The summed E-state index contributed by atoms with van der Waals surface area (Å²) in [5.74, 6) is -1.68. The zero-order chi connectivity index (χ0) is 32.9. The molecule has 2 amide bonds. The standard InChI is InChI=1S/C29H27N2O2P2.C6H7O4.Po/c1-35-25-19-11-9-17-23(25)29(33)31-27(21-14-6-3-7-15-21)26(20-12-4-2-5-13-20)30-28(32)22-16-8-10-18-24(22)34;1-9-5(7)3-4-6(8)10-2;/h2-19,26-27,35H,1,34H2,(H,30,32)(H,31,33);3H,1-2H3;/t26-,27-;;/m1../s1. The molecule has 0 aliphatic rings. The summed E-state index contributed by atoms with van der Waals surface area (Å²) in [4.78, 5) is 51.8. The van der Waals surface area contributed by atoms with Gasteiger partial charge in [0.25, 0.3) is 0 Å². The first-order valence-corrected chi connectivity index (χ1v) is 19.8. The average Bonchev–Trinajstić information content (AvgIpc) is 3.09. The SMILES string of the molecule is COC(=O)/C=[C](/[Po][CH2]Pc1ccccc1C(=O)N[C@H](c1ccccc1)[C@H](NC(=O)c1ccccc1P)c1ccccc1)C(=O)OC. The summed E-state index contributed by atoms with van der Waals surface area (Å²) >= 11 is -1.50. The van der Waals surface area contributed by atoms with E-state index in [9.17, 15) is 19.2 Å². The van der Waals surface area contributed by atoms with Crippen molar-refractivity contribution in [3.05, 3.63) is 141 Å². The van der Waals surface area contributed by atoms with Crippen LogP contribution in [0.5, 0.6) is 0 Å². The van der Waals surface area contributed by atoms with Gasteiger partial charge in [0.15, 0.2) is 0 Å². The summed E-state index contributed by atoms with van der Waals surface area (Å²) in [6.07, 6.45) is 1.21. The van der Waals surface area contributed by atoms with Crippen LogP contribution in [0.3, 0.4) is 0 Å². The van der Waals surface area contributed by atoms with E-state index in [1.165, 1.54) is 20.3 Å². The minimum absolute atomic E-state index is 0.227. The second-order valence-electron chi connectivity index (χ2n) is 9.85. The number of methoxy groups -OCH3 is 2. The van der Waals surface area contributed by atoms with Crippen LogP contribution in [0.1, 0.15) is 43.9 Å². The maximum atomic E-state index is 14.1. The topological polar surface area (TPSA) is 111 Å². The van der Waals surface area contributed by atoms with E-state index in [2.05, 4.69) is 19.9 Å². The van der Waals surface area contributed by atoms with Gasteiger partial charge in [-0.15, -0.1) is 9.24 Å². The number of ether oxygens (including phenoxy) is 2. The summed E-state index contributed by atoms with van der Waals surface area (Å²) in [6.45, 7) is 0. The fraction of sp³-hybridized carbons (Fsp3) is 0.143. The molecule has 0 radical (unpaired) electrons. The van der Waals surface area contributed by atoms with Crippen LogP contribution in [0.4, 0.5) is 0 Å². The predicted octanol–water partition coefficient (Wildman–Crippen LogP) is 4.02. The Morgan fingerprint density at radius 1 is 0.717 bits per heavy atom. The normalized spacial score (nSPS) is 12.6. The number of hydrogen-bond donors (Lipinski definition) is 2. The fourth-order valence-corrected chi connectivity index (χ4v) is 11.9. The van der Waals surface area contributed by atoms with Crippen molar-refractivity contribution in [2.75, 3.05) is 18.0 Å². The van der Waals surface area contributed by atoms with Crippen molar-refractivity contribution in [2.45, 2.75) is 12.1 Å². The fourth-order valence-electron chi connectivity index (χ4n) is 4.63. The Kier molecular flexibility index (Phi) is 13.6. The second-order valence-corrected chi connectivity index (χ2v) is 17.8. The van der Waals surface area contributed by atoms with Gasteiger partial charge < -0.3 is 0 Å². The molecule has 0 spiro atoms. The van der Waals surface area contributed by atoms with Crippen LogP contribution in [-0.2, 0) is 19.1 Å². The number of rotatable bonds is 13. The third kappa shape index (κ3) is 9.63. The minimum atomic E-state index is -1.50. The van der Waals surface area contributed by atoms with Crippen molar-refractivity contribution in [1.82, 2.24) is 10.6 Å². The van der Waals surface area contributed by atoms with Crippen molar-refractivity contribution in [3.63, 3.8) is 0 Å². The van der Waals surface area contributed by atoms with E-state index in [0.29, 0.717) is 18.2 Å². The first-order chi connectivity index (χ1) is 22.3. The van der Waals surface area contributed by atoms with Crippen molar-refractivity contribution in [2.24, 2.45) is 0 Å². The molecule has 0 heterocycles. The molecule has 11 heteroatoms. The molecule has 0 aliphatic carbocycles.